The highest BCUT2D eigenvalue weighted by atomic mass is 16.5. The van der Waals surface area contributed by atoms with Gasteiger partial charge in [-0.2, -0.15) is 0 Å². The van der Waals surface area contributed by atoms with Crippen molar-refractivity contribution in [1.29, 1.82) is 0 Å². The summed E-state index contributed by atoms with van der Waals surface area (Å²) in [5.74, 6) is 0.865. The van der Waals surface area contributed by atoms with Gasteiger partial charge in [0.2, 0.25) is 0 Å². The summed E-state index contributed by atoms with van der Waals surface area (Å²) in [5, 5.41) is 2.84. The van der Waals surface area contributed by atoms with Crippen LogP contribution in [0.25, 0.3) is 6.08 Å². The zero-order chi connectivity index (χ0) is 23.5. The summed E-state index contributed by atoms with van der Waals surface area (Å²) in [4.78, 5) is 29.9. The first-order valence-electron chi connectivity index (χ1n) is 11.2. The van der Waals surface area contributed by atoms with Gasteiger partial charge in [-0.25, -0.2) is 0 Å². The van der Waals surface area contributed by atoms with Crippen LogP contribution < -0.4 is 19.7 Å². The minimum atomic E-state index is -0.375. The van der Waals surface area contributed by atoms with Crippen LogP contribution in [-0.4, -0.2) is 50.0 Å². The molecule has 1 saturated heterocycles. The predicted molar refractivity (Wildman–Crippen MR) is 131 cm³/mol. The zero-order valence-electron chi connectivity index (χ0n) is 18.9. The Hall–Kier alpha value is -4.26. The van der Waals surface area contributed by atoms with Gasteiger partial charge in [-0.1, -0.05) is 36.4 Å². The Morgan fingerprint density at radius 2 is 1.71 bits per heavy atom. The molecule has 3 aromatic carbocycles. The van der Waals surface area contributed by atoms with Crippen molar-refractivity contribution in [2.24, 2.45) is 0 Å². The van der Waals surface area contributed by atoms with Crippen molar-refractivity contribution < 1.29 is 19.1 Å². The van der Waals surface area contributed by atoms with Crippen LogP contribution in [0.5, 0.6) is 11.5 Å². The third-order valence-corrected chi connectivity index (χ3v) is 6.03. The lowest BCUT2D eigenvalue weighted by molar-refractivity contribution is -0.115. The summed E-state index contributed by atoms with van der Waals surface area (Å²) >= 11 is 0. The first kappa shape index (κ1) is 21.6. The number of ether oxygens (including phenoxy) is 2. The third-order valence-electron chi connectivity index (χ3n) is 6.03. The summed E-state index contributed by atoms with van der Waals surface area (Å²) in [5.41, 5.74) is 2.91. The highest BCUT2D eigenvalue weighted by molar-refractivity contribution is 6.09. The van der Waals surface area contributed by atoms with Crippen LogP contribution >= 0.6 is 0 Å². The van der Waals surface area contributed by atoms with Crippen molar-refractivity contribution >= 4 is 29.3 Å². The molecule has 0 spiro atoms. The van der Waals surface area contributed by atoms with Gasteiger partial charge in [0.15, 0.2) is 11.5 Å². The van der Waals surface area contributed by atoms with E-state index in [0.29, 0.717) is 35.8 Å². The molecule has 34 heavy (non-hydrogen) atoms. The van der Waals surface area contributed by atoms with Gasteiger partial charge >= 0.3 is 0 Å². The van der Waals surface area contributed by atoms with E-state index in [1.165, 1.54) is 5.69 Å². The van der Waals surface area contributed by atoms with E-state index in [1.807, 2.05) is 47.4 Å². The number of piperazine rings is 1. The van der Waals surface area contributed by atoms with Gasteiger partial charge in [0.05, 0.1) is 12.8 Å². The molecule has 2 heterocycles. The van der Waals surface area contributed by atoms with E-state index in [4.69, 9.17) is 9.47 Å². The predicted octanol–water partition coefficient (Wildman–Crippen LogP) is 4.03. The van der Waals surface area contributed by atoms with E-state index < -0.39 is 0 Å². The fourth-order valence-electron chi connectivity index (χ4n) is 4.21. The van der Waals surface area contributed by atoms with Crippen molar-refractivity contribution in [1.82, 2.24) is 4.90 Å². The van der Waals surface area contributed by atoms with Gasteiger partial charge < -0.3 is 24.6 Å². The minimum Gasteiger partial charge on any atom is -0.496 e. The molecule has 7 nitrogen and oxygen atoms in total. The molecule has 0 radical (unpaired) electrons. The van der Waals surface area contributed by atoms with Crippen molar-refractivity contribution in [2.45, 2.75) is 0 Å². The Bertz CT molecular complexity index is 1250. The molecule has 2 aliphatic rings. The number of methoxy groups -OCH3 is 1. The molecular weight excluding hydrogens is 430 g/mol. The highest BCUT2D eigenvalue weighted by Crippen LogP contribution is 2.33. The lowest BCUT2D eigenvalue weighted by Crippen LogP contribution is -2.48. The summed E-state index contributed by atoms with van der Waals surface area (Å²) in [6.45, 7) is 2.83. The van der Waals surface area contributed by atoms with Crippen molar-refractivity contribution in [3.63, 3.8) is 0 Å². The monoisotopic (exact) mass is 455 g/mol. The molecule has 2 amide bonds. The van der Waals surface area contributed by atoms with E-state index in [9.17, 15) is 9.59 Å². The van der Waals surface area contributed by atoms with Crippen LogP contribution in [0.2, 0.25) is 0 Å². The maximum atomic E-state index is 13.1. The number of para-hydroxylation sites is 2. The number of nitrogens with zero attached hydrogens (tertiary/aromatic N) is 2. The molecule has 0 aliphatic carbocycles. The van der Waals surface area contributed by atoms with Gasteiger partial charge in [0.25, 0.3) is 11.8 Å². The highest BCUT2D eigenvalue weighted by Gasteiger charge is 2.26. The minimum absolute atomic E-state index is 0.0554. The third kappa shape index (κ3) is 4.32. The maximum Gasteiger partial charge on any atom is 0.291 e. The Morgan fingerprint density at radius 3 is 2.47 bits per heavy atom. The fourth-order valence-corrected chi connectivity index (χ4v) is 4.21. The standard InChI is InChI=1S/C27H25N3O4/c1-33-23-10-6-5-7-19(23)18-25-26(31)28-22-17-20(11-12-24(22)34-25)27(32)30-15-13-29(14-16-30)21-8-3-2-4-9-21/h2-12,17-18H,13-16H2,1H3,(H,28,31). The van der Waals surface area contributed by atoms with Crippen LogP contribution in [0.3, 0.4) is 0 Å². The molecule has 5 rings (SSSR count). The van der Waals surface area contributed by atoms with E-state index in [1.54, 1.807) is 31.4 Å². The topological polar surface area (TPSA) is 71.1 Å². The Kier molecular flexibility index (Phi) is 5.91. The summed E-state index contributed by atoms with van der Waals surface area (Å²) < 4.78 is 11.2. The van der Waals surface area contributed by atoms with Crippen molar-refractivity contribution in [3.8, 4) is 11.5 Å². The quantitative estimate of drug-likeness (QED) is 0.602. The number of carbonyl (C=O) groups excluding carboxylic acids is 2. The number of benzene rings is 3. The molecule has 0 aromatic heterocycles. The van der Waals surface area contributed by atoms with E-state index in [0.717, 1.165) is 18.7 Å². The van der Waals surface area contributed by atoms with E-state index in [-0.39, 0.29) is 17.6 Å². The van der Waals surface area contributed by atoms with E-state index >= 15 is 0 Å². The molecule has 7 heteroatoms. The van der Waals surface area contributed by atoms with Gasteiger partial charge in [-0.05, 0) is 42.5 Å². The second-order valence-electron chi connectivity index (χ2n) is 8.13. The number of hydrogen-bond acceptors (Lipinski definition) is 5. The number of nitrogens with one attached hydrogen (secondary N) is 1. The normalized spacial score (nSPS) is 16.5. The molecule has 0 saturated carbocycles. The lowest BCUT2D eigenvalue weighted by atomic mass is 10.1. The lowest BCUT2D eigenvalue weighted by Gasteiger charge is -2.36. The Labute approximate surface area is 198 Å². The van der Waals surface area contributed by atoms with Gasteiger partial charge in [0.1, 0.15) is 5.75 Å². The van der Waals surface area contributed by atoms with Crippen LogP contribution in [0, 0.1) is 0 Å². The van der Waals surface area contributed by atoms with Gasteiger partial charge in [-0.15, -0.1) is 0 Å². The van der Waals surface area contributed by atoms with Crippen LogP contribution in [0.15, 0.2) is 78.6 Å². The smallest absolute Gasteiger partial charge is 0.291 e. The number of amides is 2. The zero-order valence-corrected chi connectivity index (χ0v) is 18.9. The first-order chi connectivity index (χ1) is 16.6. The number of hydrogen-bond donors (Lipinski definition) is 1. The Balaban J connectivity index is 1.29. The second kappa shape index (κ2) is 9.31. The Morgan fingerprint density at radius 1 is 0.971 bits per heavy atom. The average molecular weight is 456 g/mol. The molecule has 3 aromatic rings. The number of rotatable bonds is 4. The molecule has 1 N–H and O–H groups in total. The fraction of sp³-hybridized carbons (Fsp3) is 0.185. The van der Waals surface area contributed by atoms with Gasteiger partial charge in [0, 0.05) is 43.0 Å². The van der Waals surface area contributed by atoms with Crippen LogP contribution in [0.1, 0.15) is 15.9 Å². The first-order valence-corrected chi connectivity index (χ1v) is 11.2. The molecule has 0 unspecified atom stereocenters. The molecule has 0 atom stereocenters. The second-order valence-corrected chi connectivity index (χ2v) is 8.13. The van der Waals surface area contributed by atoms with Crippen molar-refractivity contribution in [3.05, 3.63) is 89.7 Å². The summed E-state index contributed by atoms with van der Waals surface area (Å²) in [7, 11) is 1.58. The molecule has 172 valence electrons. The van der Waals surface area contributed by atoms with Crippen LogP contribution in [0.4, 0.5) is 11.4 Å². The van der Waals surface area contributed by atoms with Crippen molar-refractivity contribution in [2.75, 3.05) is 43.5 Å². The van der Waals surface area contributed by atoms with E-state index in [2.05, 4.69) is 22.3 Å². The average Bonchev–Trinajstić information content (AvgIpc) is 2.89. The maximum absolute atomic E-state index is 13.1. The SMILES string of the molecule is COc1ccccc1C=C1Oc2ccc(C(=O)N3CCN(c4ccccc4)CC3)cc2NC1=O. The molecule has 0 bridgehead atoms. The number of carbonyl (C=O) groups is 2. The largest absolute Gasteiger partial charge is 0.496 e. The molecule has 1 fully saturated rings. The number of fused-ring (bicyclic) bond motifs is 1. The molecule has 2 aliphatic heterocycles. The summed E-state index contributed by atoms with van der Waals surface area (Å²) in [6.07, 6.45) is 1.64. The number of anilines is 2. The van der Waals surface area contributed by atoms with Gasteiger partial charge in [-0.3, -0.25) is 9.59 Å². The van der Waals surface area contributed by atoms with Crippen LogP contribution in [-0.2, 0) is 4.79 Å². The molecular formula is C27H25N3O4. The summed E-state index contributed by atoms with van der Waals surface area (Å²) in [6, 6.07) is 22.7.